The van der Waals surface area contributed by atoms with E-state index < -0.39 is 17.1 Å². The standard InChI is InChI=1S/C12H15NO6S/c1-7(14)20-6-10(15)12(16)8-3-4-11(19-2)9(5-8)13(17)18/h3-5,10,12,15-16H,6H2,1-2H3. The summed E-state index contributed by atoms with van der Waals surface area (Å²) in [6.45, 7) is 1.35. The number of ether oxygens (including phenoxy) is 1. The van der Waals surface area contributed by atoms with Crippen LogP contribution >= 0.6 is 11.8 Å². The van der Waals surface area contributed by atoms with Crippen molar-refractivity contribution in [1.82, 2.24) is 0 Å². The Balaban J connectivity index is 2.93. The summed E-state index contributed by atoms with van der Waals surface area (Å²) in [6.07, 6.45) is -2.51. The fourth-order valence-electron chi connectivity index (χ4n) is 1.55. The highest BCUT2D eigenvalue weighted by atomic mass is 32.2. The summed E-state index contributed by atoms with van der Waals surface area (Å²) in [6, 6.07) is 3.92. The van der Waals surface area contributed by atoms with Crippen LogP contribution in [0.4, 0.5) is 5.69 Å². The van der Waals surface area contributed by atoms with Crippen molar-refractivity contribution in [3.63, 3.8) is 0 Å². The maximum absolute atomic E-state index is 10.9. The predicted molar refractivity (Wildman–Crippen MR) is 73.8 cm³/mol. The van der Waals surface area contributed by atoms with E-state index in [1.165, 1.54) is 26.2 Å². The zero-order valence-corrected chi connectivity index (χ0v) is 11.8. The molecule has 1 aromatic rings. The minimum Gasteiger partial charge on any atom is -0.490 e. The second-order valence-electron chi connectivity index (χ2n) is 4.00. The fraction of sp³-hybridized carbons (Fsp3) is 0.417. The Hall–Kier alpha value is -1.64. The summed E-state index contributed by atoms with van der Waals surface area (Å²) in [7, 11) is 1.30. The van der Waals surface area contributed by atoms with Gasteiger partial charge in [-0.2, -0.15) is 0 Å². The van der Waals surface area contributed by atoms with E-state index in [1.54, 1.807) is 0 Å². The maximum Gasteiger partial charge on any atom is 0.311 e. The number of carbonyl (C=O) groups is 1. The topological polar surface area (TPSA) is 110 Å². The van der Waals surface area contributed by atoms with E-state index in [0.717, 1.165) is 17.8 Å². The van der Waals surface area contributed by atoms with Crippen LogP contribution in [0.2, 0.25) is 0 Å². The highest BCUT2D eigenvalue weighted by Crippen LogP contribution is 2.31. The van der Waals surface area contributed by atoms with Gasteiger partial charge in [0.05, 0.1) is 18.1 Å². The van der Waals surface area contributed by atoms with Gasteiger partial charge in [-0.1, -0.05) is 17.8 Å². The minimum absolute atomic E-state index is 0.0102. The molecule has 8 heteroatoms. The molecule has 20 heavy (non-hydrogen) atoms. The monoisotopic (exact) mass is 301 g/mol. The highest BCUT2D eigenvalue weighted by Gasteiger charge is 2.23. The number of nitro groups is 1. The third-order valence-corrected chi connectivity index (χ3v) is 3.48. The summed E-state index contributed by atoms with van der Waals surface area (Å²) in [5.74, 6) is 0.0783. The third-order valence-electron chi connectivity index (χ3n) is 2.56. The van der Waals surface area contributed by atoms with Crippen LogP contribution in [0.25, 0.3) is 0 Å². The van der Waals surface area contributed by atoms with Crippen molar-refractivity contribution in [2.75, 3.05) is 12.9 Å². The summed E-state index contributed by atoms with van der Waals surface area (Å²) in [4.78, 5) is 21.0. The molecule has 0 saturated heterocycles. The fourth-order valence-corrected chi connectivity index (χ4v) is 2.14. The number of aliphatic hydroxyl groups excluding tert-OH is 2. The smallest absolute Gasteiger partial charge is 0.311 e. The number of benzene rings is 1. The Morgan fingerprint density at radius 1 is 1.50 bits per heavy atom. The number of hydrogen-bond donors (Lipinski definition) is 2. The Kier molecular flexibility index (Phi) is 5.93. The molecule has 0 fully saturated rings. The van der Waals surface area contributed by atoms with E-state index in [1.807, 2.05) is 0 Å². The van der Waals surface area contributed by atoms with Crippen molar-refractivity contribution in [3.8, 4) is 5.75 Å². The zero-order chi connectivity index (χ0) is 15.3. The molecule has 0 aliphatic rings. The number of methoxy groups -OCH3 is 1. The van der Waals surface area contributed by atoms with Gasteiger partial charge in [0.1, 0.15) is 6.10 Å². The maximum atomic E-state index is 10.9. The van der Waals surface area contributed by atoms with Crippen LogP contribution in [0.15, 0.2) is 18.2 Å². The molecule has 0 spiro atoms. The molecule has 0 amide bonds. The van der Waals surface area contributed by atoms with Crippen LogP contribution in [0.1, 0.15) is 18.6 Å². The molecule has 0 heterocycles. The average Bonchev–Trinajstić information content (AvgIpc) is 2.42. The van der Waals surface area contributed by atoms with Gasteiger partial charge in [-0.3, -0.25) is 14.9 Å². The van der Waals surface area contributed by atoms with Gasteiger partial charge in [0.25, 0.3) is 0 Å². The first kappa shape index (κ1) is 16.4. The first-order valence-electron chi connectivity index (χ1n) is 5.68. The molecule has 2 atom stereocenters. The minimum atomic E-state index is -1.31. The lowest BCUT2D eigenvalue weighted by molar-refractivity contribution is -0.385. The molecular weight excluding hydrogens is 286 g/mol. The number of nitrogens with zero attached hydrogens (tertiary/aromatic N) is 1. The second-order valence-corrected chi connectivity index (χ2v) is 5.20. The lowest BCUT2D eigenvalue weighted by Crippen LogP contribution is -2.21. The van der Waals surface area contributed by atoms with E-state index in [0.29, 0.717) is 0 Å². The summed E-state index contributed by atoms with van der Waals surface area (Å²) in [5, 5.41) is 30.4. The van der Waals surface area contributed by atoms with Gasteiger partial charge >= 0.3 is 5.69 Å². The van der Waals surface area contributed by atoms with Crippen molar-refractivity contribution in [3.05, 3.63) is 33.9 Å². The quantitative estimate of drug-likeness (QED) is 0.601. The first-order valence-corrected chi connectivity index (χ1v) is 6.67. The van der Waals surface area contributed by atoms with Crippen LogP contribution in [-0.4, -0.2) is 39.2 Å². The van der Waals surface area contributed by atoms with E-state index in [2.05, 4.69) is 0 Å². The van der Waals surface area contributed by atoms with Gasteiger partial charge in [-0.05, 0) is 11.6 Å². The van der Waals surface area contributed by atoms with E-state index in [9.17, 15) is 25.1 Å². The Morgan fingerprint density at radius 2 is 2.15 bits per heavy atom. The summed E-state index contributed by atoms with van der Waals surface area (Å²) >= 11 is 0.873. The van der Waals surface area contributed by atoms with Crippen molar-refractivity contribution in [1.29, 1.82) is 0 Å². The van der Waals surface area contributed by atoms with E-state index in [4.69, 9.17) is 4.74 Å². The van der Waals surface area contributed by atoms with Gasteiger partial charge in [0.15, 0.2) is 10.9 Å². The first-order chi connectivity index (χ1) is 9.36. The van der Waals surface area contributed by atoms with Crippen molar-refractivity contribution in [2.45, 2.75) is 19.1 Å². The number of hydrogen-bond acceptors (Lipinski definition) is 7. The Labute approximate surface area is 119 Å². The predicted octanol–water partition coefficient (Wildman–Crippen LogP) is 1.28. The number of rotatable bonds is 6. The normalized spacial score (nSPS) is 13.6. The molecule has 2 N–H and O–H groups in total. The molecule has 7 nitrogen and oxygen atoms in total. The summed E-state index contributed by atoms with van der Waals surface area (Å²) < 4.78 is 4.85. The van der Waals surface area contributed by atoms with Gasteiger partial charge in [0.2, 0.25) is 0 Å². The molecule has 2 unspecified atom stereocenters. The SMILES string of the molecule is COc1ccc(C(O)C(O)CSC(C)=O)cc1[N+](=O)[O-]. The van der Waals surface area contributed by atoms with E-state index >= 15 is 0 Å². The third kappa shape index (κ3) is 4.19. The molecule has 0 aliphatic heterocycles. The van der Waals surface area contributed by atoms with Crippen LogP contribution < -0.4 is 4.74 Å². The number of thioether (sulfide) groups is 1. The van der Waals surface area contributed by atoms with Gasteiger partial charge in [-0.25, -0.2) is 0 Å². The van der Waals surface area contributed by atoms with Crippen LogP contribution in [0, 0.1) is 10.1 Å². The lowest BCUT2D eigenvalue weighted by atomic mass is 10.0. The van der Waals surface area contributed by atoms with Crippen molar-refractivity contribution in [2.24, 2.45) is 0 Å². The van der Waals surface area contributed by atoms with Crippen LogP contribution in [0.3, 0.4) is 0 Å². The number of carbonyl (C=O) groups excluding carboxylic acids is 1. The average molecular weight is 301 g/mol. The lowest BCUT2D eigenvalue weighted by Gasteiger charge is -2.17. The molecule has 110 valence electrons. The molecule has 1 aromatic carbocycles. The largest absolute Gasteiger partial charge is 0.490 e. The second kappa shape index (κ2) is 7.22. The number of nitro benzene ring substituents is 1. The van der Waals surface area contributed by atoms with Crippen LogP contribution in [-0.2, 0) is 4.79 Å². The van der Waals surface area contributed by atoms with Gasteiger partial charge in [-0.15, -0.1) is 0 Å². The zero-order valence-electron chi connectivity index (χ0n) is 11.0. The van der Waals surface area contributed by atoms with Gasteiger partial charge in [0, 0.05) is 18.7 Å². The highest BCUT2D eigenvalue weighted by molar-refractivity contribution is 8.13. The van der Waals surface area contributed by atoms with Crippen molar-refractivity contribution < 1.29 is 24.7 Å². The molecular formula is C12H15NO6S. The summed E-state index contributed by atoms with van der Waals surface area (Å²) in [5.41, 5.74) is -0.107. The molecule has 1 rings (SSSR count). The molecule has 0 radical (unpaired) electrons. The Morgan fingerprint density at radius 3 is 2.65 bits per heavy atom. The number of aliphatic hydroxyl groups is 2. The molecule has 0 aromatic heterocycles. The van der Waals surface area contributed by atoms with E-state index in [-0.39, 0.29) is 27.9 Å². The molecule has 0 bridgehead atoms. The van der Waals surface area contributed by atoms with Crippen LogP contribution in [0.5, 0.6) is 5.75 Å². The van der Waals surface area contributed by atoms with Gasteiger partial charge < -0.3 is 14.9 Å². The Bertz CT molecular complexity index is 507. The molecule has 0 saturated carbocycles. The molecule has 0 aliphatic carbocycles. The van der Waals surface area contributed by atoms with Crippen molar-refractivity contribution >= 4 is 22.6 Å².